The molecule has 0 atom stereocenters. The average molecular weight is 737 g/mol. The monoisotopic (exact) mass is 737 g/mol. The van der Waals surface area contributed by atoms with Gasteiger partial charge in [-0.25, -0.2) is 0 Å². The van der Waals surface area contributed by atoms with E-state index in [0.717, 1.165) is 52.1 Å². The van der Waals surface area contributed by atoms with Crippen LogP contribution in [0.2, 0.25) is 0 Å². The Morgan fingerprint density at radius 1 is 0.365 bits per heavy atom. The molecule has 0 rings (SSSR count). The van der Waals surface area contributed by atoms with Gasteiger partial charge in [0.15, 0.2) is 0 Å². The van der Waals surface area contributed by atoms with Gasteiger partial charge in [0.05, 0.1) is 0 Å². The molecule has 0 aromatic carbocycles. The lowest BCUT2D eigenvalue weighted by Gasteiger charge is -2.17. The van der Waals surface area contributed by atoms with Gasteiger partial charge in [-0.1, -0.05) is 207 Å². The van der Waals surface area contributed by atoms with Crippen LogP contribution in [-0.2, 0) is 9.59 Å². The summed E-state index contributed by atoms with van der Waals surface area (Å²) in [6, 6.07) is 0. The van der Waals surface area contributed by atoms with Crippen LogP contribution in [0.25, 0.3) is 0 Å². The smallest absolute Gasteiger partial charge is 0.220 e. The number of carbonyl (C=O) groups excluding carboxylic acids is 2. The van der Waals surface area contributed by atoms with Crippen molar-refractivity contribution >= 4 is 11.8 Å². The van der Waals surface area contributed by atoms with Crippen molar-refractivity contribution in [2.75, 3.05) is 53.4 Å². The molecule has 6 nitrogen and oxygen atoms in total. The van der Waals surface area contributed by atoms with Gasteiger partial charge in [-0.15, -0.1) is 0 Å². The van der Waals surface area contributed by atoms with Crippen LogP contribution in [0.15, 0.2) is 0 Å². The van der Waals surface area contributed by atoms with Crippen LogP contribution in [0.4, 0.5) is 0 Å². The SMILES string of the molecule is CCCCCCCCCCCCCCCCCC(=O)NCCN(C)C.CCCCCCCCCCCCCCCCCC(=O)NCCN(CC)CC. The van der Waals surface area contributed by atoms with E-state index in [1.807, 2.05) is 14.1 Å². The van der Waals surface area contributed by atoms with E-state index < -0.39 is 0 Å². The van der Waals surface area contributed by atoms with E-state index in [1.54, 1.807) is 0 Å². The fourth-order valence-corrected chi connectivity index (χ4v) is 6.80. The number of rotatable bonds is 40. The van der Waals surface area contributed by atoms with Gasteiger partial charge in [-0.3, -0.25) is 9.59 Å². The zero-order valence-corrected chi connectivity index (χ0v) is 36.6. The summed E-state index contributed by atoms with van der Waals surface area (Å²) in [7, 11) is 4.06. The van der Waals surface area contributed by atoms with Crippen molar-refractivity contribution in [3.8, 4) is 0 Å². The molecule has 6 heteroatoms. The highest BCUT2D eigenvalue weighted by molar-refractivity contribution is 5.76. The Morgan fingerprint density at radius 2 is 0.615 bits per heavy atom. The third-order valence-corrected chi connectivity index (χ3v) is 10.5. The van der Waals surface area contributed by atoms with Crippen LogP contribution in [0.3, 0.4) is 0 Å². The molecule has 0 saturated carbocycles. The van der Waals surface area contributed by atoms with Crippen LogP contribution < -0.4 is 10.6 Å². The normalized spacial score (nSPS) is 11.2. The first kappa shape index (κ1) is 53.0. The van der Waals surface area contributed by atoms with Crippen LogP contribution in [0.5, 0.6) is 0 Å². The Bertz CT molecular complexity index is 698. The minimum absolute atomic E-state index is 0.219. The molecule has 0 aromatic rings. The zero-order chi connectivity index (χ0) is 38.6. The summed E-state index contributed by atoms with van der Waals surface area (Å²) in [5, 5.41) is 6.03. The molecule has 0 aliphatic heterocycles. The van der Waals surface area contributed by atoms with E-state index in [4.69, 9.17) is 0 Å². The predicted octanol–water partition coefficient (Wildman–Crippen LogP) is 12.6. The van der Waals surface area contributed by atoms with E-state index in [1.165, 1.54) is 180 Å². The Labute approximate surface area is 327 Å². The summed E-state index contributed by atoms with van der Waals surface area (Å²) in [6.45, 7) is 14.5. The molecule has 2 amide bonds. The molecule has 52 heavy (non-hydrogen) atoms. The summed E-state index contributed by atoms with van der Waals surface area (Å²) in [5.74, 6) is 0.452. The maximum atomic E-state index is 11.8. The number of amides is 2. The van der Waals surface area contributed by atoms with Crippen LogP contribution in [-0.4, -0.2) is 75.0 Å². The molecule has 0 aromatic heterocycles. The Hall–Kier alpha value is -1.14. The van der Waals surface area contributed by atoms with Gasteiger partial charge < -0.3 is 20.4 Å². The first-order valence-electron chi connectivity index (χ1n) is 23.3. The van der Waals surface area contributed by atoms with Crippen molar-refractivity contribution in [2.24, 2.45) is 0 Å². The van der Waals surface area contributed by atoms with Gasteiger partial charge in [0.1, 0.15) is 0 Å². The fraction of sp³-hybridized carbons (Fsp3) is 0.957. The van der Waals surface area contributed by atoms with Gasteiger partial charge in [-0.05, 0) is 40.0 Å². The lowest BCUT2D eigenvalue weighted by Crippen LogP contribution is -2.34. The number of likely N-dealkylation sites (N-methyl/N-ethyl adjacent to an activating group) is 2. The second-order valence-corrected chi connectivity index (χ2v) is 15.9. The first-order valence-corrected chi connectivity index (χ1v) is 23.3. The van der Waals surface area contributed by atoms with Crippen molar-refractivity contribution in [1.82, 2.24) is 20.4 Å². The quantitative estimate of drug-likeness (QED) is 0.0615. The van der Waals surface area contributed by atoms with Gasteiger partial charge in [-0.2, -0.15) is 0 Å². The van der Waals surface area contributed by atoms with Crippen molar-refractivity contribution < 1.29 is 9.59 Å². The molecule has 0 aliphatic rings. The molecular weight excluding hydrogens is 641 g/mol. The number of hydrogen-bond acceptors (Lipinski definition) is 4. The molecule has 0 aliphatic carbocycles. The van der Waals surface area contributed by atoms with E-state index in [-0.39, 0.29) is 11.8 Å². The standard InChI is InChI=1S/C24H50N2O.C22H46N2O/c1-4-7-8-9-10-11-12-13-14-15-16-17-18-19-20-21-24(27)25-22-23-26(5-2)6-3;1-4-5-6-7-8-9-10-11-12-13-14-15-16-17-18-19-22(25)23-20-21-24(2)3/h4-23H2,1-3H3,(H,25,27);4-21H2,1-3H3,(H,23,25). The minimum Gasteiger partial charge on any atom is -0.355 e. The third kappa shape index (κ3) is 46.9. The zero-order valence-electron chi connectivity index (χ0n) is 36.6. The Morgan fingerprint density at radius 3 is 0.865 bits per heavy atom. The van der Waals surface area contributed by atoms with E-state index in [9.17, 15) is 9.59 Å². The molecule has 0 radical (unpaired) electrons. The molecule has 0 unspecified atom stereocenters. The fourth-order valence-electron chi connectivity index (χ4n) is 6.80. The van der Waals surface area contributed by atoms with Crippen molar-refractivity contribution in [2.45, 2.75) is 233 Å². The van der Waals surface area contributed by atoms with Crippen LogP contribution in [0, 0.1) is 0 Å². The number of unbranched alkanes of at least 4 members (excludes halogenated alkanes) is 28. The molecule has 0 saturated heterocycles. The van der Waals surface area contributed by atoms with Gasteiger partial charge in [0, 0.05) is 39.0 Å². The molecule has 0 fully saturated rings. The summed E-state index contributed by atoms with van der Waals surface area (Å²) >= 11 is 0. The lowest BCUT2D eigenvalue weighted by molar-refractivity contribution is -0.122. The Balaban J connectivity index is 0. The predicted molar refractivity (Wildman–Crippen MR) is 231 cm³/mol. The topological polar surface area (TPSA) is 64.7 Å². The number of hydrogen-bond donors (Lipinski definition) is 2. The molecule has 312 valence electrons. The second kappa shape index (κ2) is 46.0. The van der Waals surface area contributed by atoms with E-state index >= 15 is 0 Å². The van der Waals surface area contributed by atoms with E-state index in [0.29, 0.717) is 12.8 Å². The molecule has 0 heterocycles. The van der Waals surface area contributed by atoms with Crippen LogP contribution in [0.1, 0.15) is 233 Å². The maximum absolute atomic E-state index is 11.8. The van der Waals surface area contributed by atoms with Crippen molar-refractivity contribution in [3.63, 3.8) is 0 Å². The highest BCUT2D eigenvalue weighted by atomic mass is 16.2. The largest absolute Gasteiger partial charge is 0.355 e. The van der Waals surface area contributed by atoms with Crippen molar-refractivity contribution in [1.29, 1.82) is 0 Å². The molecule has 0 spiro atoms. The summed E-state index contributed by atoms with van der Waals surface area (Å²) < 4.78 is 0. The molecule has 2 N–H and O–H groups in total. The maximum Gasteiger partial charge on any atom is 0.220 e. The van der Waals surface area contributed by atoms with E-state index in [2.05, 4.69) is 48.1 Å². The molecular formula is C46H96N4O2. The first-order chi connectivity index (χ1) is 25.4. The summed E-state index contributed by atoms with van der Waals surface area (Å²) in [5.41, 5.74) is 0. The van der Waals surface area contributed by atoms with Crippen LogP contribution >= 0.6 is 0 Å². The van der Waals surface area contributed by atoms with Crippen molar-refractivity contribution in [3.05, 3.63) is 0 Å². The Kier molecular flexibility index (Phi) is 46.9. The number of nitrogens with zero attached hydrogens (tertiary/aromatic N) is 2. The second-order valence-electron chi connectivity index (χ2n) is 15.9. The minimum atomic E-state index is 0.219. The average Bonchev–Trinajstić information content (AvgIpc) is 3.13. The number of carbonyl (C=O) groups is 2. The third-order valence-electron chi connectivity index (χ3n) is 10.5. The number of nitrogens with one attached hydrogen (secondary N) is 2. The summed E-state index contributed by atoms with van der Waals surface area (Å²) in [6.07, 6.45) is 42.5. The summed E-state index contributed by atoms with van der Waals surface area (Å²) in [4.78, 5) is 27.9. The lowest BCUT2D eigenvalue weighted by atomic mass is 10.0. The van der Waals surface area contributed by atoms with Gasteiger partial charge in [0.25, 0.3) is 0 Å². The highest BCUT2D eigenvalue weighted by Crippen LogP contribution is 2.15. The molecule has 0 bridgehead atoms. The van der Waals surface area contributed by atoms with Gasteiger partial charge in [0.2, 0.25) is 11.8 Å². The highest BCUT2D eigenvalue weighted by Gasteiger charge is 2.04. The van der Waals surface area contributed by atoms with Gasteiger partial charge >= 0.3 is 0 Å².